The fourth-order valence-electron chi connectivity index (χ4n) is 2.04. The van der Waals surface area contributed by atoms with Crippen molar-refractivity contribution in [2.75, 3.05) is 5.32 Å². The average Bonchev–Trinajstić information content (AvgIpc) is 2.50. The number of nitrogens with one attached hydrogen (secondary N) is 1. The lowest BCUT2D eigenvalue weighted by Gasteiger charge is -2.17. The molecule has 2 rings (SSSR count). The Bertz CT molecular complexity index is 308. The number of nitrogens with zero attached hydrogens (tertiary/aromatic N) is 2. The van der Waals surface area contributed by atoms with E-state index in [0.717, 1.165) is 10.3 Å². The molecule has 1 fully saturated rings. The molecule has 1 aliphatic carbocycles. The third-order valence-electron chi connectivity index (χ3n) is 2.86. The van der Waals surface area contributed by atoms with Crippen molar-refractivity contribution in [3.8, 4) is 0 Å². The zero-order valence-corrected chi connectivity index (χ0v) is 10.3. The summed E-state index contributed by atoms with van der Waals surface area (Å²) >= 11 is 3.46. The highest BCUT2D eigenvalue weighted by atomic mass is 79.9. The molecule has 15 heavy (non-hydrogen) atoms. The van der Waals surface area contributed by atoms with E-state index in [1.165, 1.54) is 38.5 Å². The molecule has 1 aliphatic rings. The lowest BCUT2D eigenvalue weighted by molar-refractivity contribution is 0.617. The monoisotopic (exact) mass is 269 g/mol. The van der Waals surface area contributed by atoms with Gasteiger partial charge in [-0.15, -0.1) is 0 Å². The Balaban J connectivity index is 1.98. The molecule has 0 saturated heterocycles. The lowest BCUT2D eigenvalue weighted by atomic mass is 10.1. The fourth-order valence-corrected chi connectivity index (χ4v) is 2.37. The Labute approximate surface area is 98.8 Å². The van der Waals surface area contributed by atoms with Crippen LogP contribution in [0.25, 0.3) is 0 Å². The van der Waals surface area contributed by atoms with Gasteiger partial charge in [-0.3, -0.25) is 0 Å². The van der Waals surface area contributed by atoms with E-state index in [0.29, 0.717) is 6.04 Å². The number of halogens is 1. The van der Waals surface area contributed by atoms with Crippen LogP contribution in [0.15, 0.2) is 17.0 Å². The van der Waals surface area contributed by atoms with Crippen molar-refractivity contribution in [3.05, 3.63) is 17.0 Å². The Morgan fingerprint density at radius 1 is 1.20 bits per heavy atom. The number of rotatable bonds is 2. The van der Waals surface area contributed by atoms with Crippen molar-refractivity contribution >= 4 is 21.7 Å². The van der Waals surface area contributed by atoms with Crippen molar-refractivity contribution in [1.29, 1.82) is 0 Å². The summed E-state index contributed by atoms with van der Waals surface area (Å²) in [6, 6.07) is 0.582. The maximum Gasteiger partial charge on any atom is 0.143 e. The van der Waals surface area contributed by atoms with Crippen LogP contribution in [0.1, 0.15) is 38.5 Å². The summed E-state index contributed by atoms with van der Waals surface area (Å²) in [6.45, 7) is 0. The normalized spacial score (nSPS) is 18.5. The van der Waals surface area contributed by atoms with Gasteiger partial charge in [0.2, 0.25) is 0 Å². The summed E-state index contributed by atoms with van der Waals surface area (Å²) < 4.78 is 0.953. The van der Waals surface area contributed by atoms with Crippen molar-refractivity contribution in [1.82, 2.24) is 9.97 Å². The van der Waals surface area contributed by atoms with E-state index in [4.69, 9.17) is 0 Å². The third-order valence-corrected chi connectivity index (χ3v) is 3.44. The van der Waals surface area contributed by atoms with Crippen molar-refractivity contribution in [3.63, 3.8) is 0 Å². The van der Waals surface area contributed by atoms with Crippen molar-refractivity contribution in [2.45, 2.75) is 44.6 Å². The van der Waals surface area contributed by atoms with Gasteiger partial charge < -0.3 is 5.32 Å². The number of aromatic nitrogens is 2. The zero-order chi connectivity index (χ0) is 10.5. The molecule has 0 bridgehead atoms. The van der Waals surface area contributed by atoms with Crippen LogP contribution in [0.2, 0.25) is 0 Å². The molecule has 0 aliphatic heterocycles. The summed E-state index contributed by atoms with van der Waals surface area (Å²) in [6.07, 6.45) is 11.3. The van der Waals surface area contributed by atoms with E-state index < -0.39 is 0 Å². The standard InChI is InChI=1S/C11H16BrN3/c12-10-7-13-8-14-11(10)15-9-5-3-1-2-4-6-9/h7-9H,1-6H2,(H,13,14,15). The second-order valence-electron chi connectivity index (χ2n) is 4.05. The molecule has 3 nitrogen and oxygen atoms in total. The first-order valence-corrected chi connectivity index (χ1v) is 6.37. The van der Waals surface area contributed by atoms with Crippen LogP contribution < -0.4 is 5.32 Å². The smallest absolute Gasteiger partial charge is 0.143 e. The van der Waals surface area contributed by atoms with Crippen LogP contribution in [0.5, 0.6) is 0 Å². The summed E-state index contributed by atoms with van der Waals surface area (Å²) in [4.78, 5) is 8.19. The summed E-state index contributed by atoms with van der Waals surface area (Å²) in [5.41, 5.74) is 0. The minimum absolute atomic E-state index is 0.582. The second-order valence-corrected chi connectivity index (χ2v) is 4.91. The van der Waals surface area contributed by atoms with Gasteiger partial charge in [0.15, 0.2) is 0 Å². The molecule has 1 aromatic rings. The Morgan fingerprint density at radius 3 is 2.60 bits per heavy atom. The van der Waals surface area contributed by atoms with Crippen LogP contribution in [0, 0.1) is 0 Å². The number of anilines is 1. The Morgan fingerprint density at radius 2 is 1.93 bits per heavy atom. The predicted octanol–water partition coefficient (Wildman–Crippen LogP) is 3.37. The van der Waals surface area contributed by atoms with Gasteiger partial charge in [-0.1, -0.05) is 25.7 Å². The second kappa shape index (κ2) is 5.45. The van der Waals surface area contributed by atoms with Gasteiger partial charge in [0.05, 0.1) is 4.47 Å². The summed E-state index contributed by atoms with van der Waals surface area (Å²) in [7, 11) is 0. The van der Waals surface area contributed by atoms with Gasteiger partial charge in [0.25, 0.3) is 0 Å². The Hall–Kier alpha value is -0.640. The molecule has 0 unspecified atom stereocenters. The van der Waals surface area contributed by atoms with Gasteiger partial charge in [-0.2, -0.15) is 0 Å². The fraction of sp³-hybridized carbons (Fsp3) is 0.636. The van der Waals surface area contributed by atoms with E-state index in [9.17, 15) is 0 Å². The van der Waals surface area contributed by atoms with Gasteiger partial charge >= 0.3 is 0 Å². The molecule has 4 heteroatoms. The third kappa shape index (κ3) is 3.16. The molecule has 1 N–H and O–H groups in total. The maximum absolute atomic E-state index is 4.23. The average molecular weight is 270 g/mol. The van der Waals surface area contributed by atoms with E-state index in [-0.39, 0.29) is 0 Å². The van der Waals surface area contributed by atoms with E-state index in [1.807, 2.05) is 0 Å². The molecular weight excluding hydrogens is 254 g/mol. The van der Waals surface area contributed by atoms with E-state index in [2.05, 4.69) is 31.2 Å². The van der Waals surface area contributed by atoms with Crippen LogP contribution in [0.4, 0.5) is 5.82 Å². The van der Waals surface area contributed by atoms with Crippen LogP contribution >= 0.6 is 15.9 Å². The predicted molar refractivity (Wildman–Crippen MR) is 64.8 cm³/mol. The number of hydrogen-bond acceptors (Lipinski definition) is 3. The quantitative estimate of drug-likeness (QED) is 0.837. The van der Waals surface area contributed by atoms with Crippen LogP contribution in [0.3, 0.4) is 0 Å². The van der Waals surface area contributed by atoms with Crippen LogP contribution in [-0.4, -0.2) is 16.0 Å². The molecule has 1 aromatic heterocycles. The van der Waals surface area contributed by atoms with Crippen molar-refractivity contribution in [2.24, 2.45) is 0 Å². The minimum atomic E-state index is 0.582. The number of hydrogen-bond donors (Lipinski definition) is 1. The van der Waals surface area contributed by atoms with Gasteiger partial charge in [-0.05, 0) is 28.8 Å². The SMILES string of the molecule is Brc1cncnc1NC1CCCCCC1. The molecule has 82 valence electrons. The van der Waals surface area contributed by atoms with Gasteiger partial charge in [-0.25, -0.2) is 9.97 Å². The molecule has 1 heterocycles. The lowest BCUT2D eigenvalue weighted by Crippen LogP contribution is -2.19. The first-order valence-electron chi connectivity index (χ1n) is 5.58. The van der Waals surface area contributed by atoms with Crippen molar-refractivity contribution < 1.29 is 0 Å². The summed E-state index contributed by atoms with van der Waals surface area (Å²) in [5.74, 6) is 0.928. The van der Waals surface area contributed by atoms with Gasteiger partial charge in [0.1, 0.15) is 12.1 Å². The molecule has 1 saturated carbocycles. The van der Waals surface area contributed by atoms with E-state index >= 15 is 0 Å². The Kier molecular flexibility index (Phi) is 3.94. The minimum Gasteiger partial charge on any atom is -0.366 e. The highest BCUT2D eigenvalue weighted by Gasteiger charge is 2.13. The molecule has 0 aromatic carbocycles. The summed E-state index contributed by atoms with van der Waals surface area (Å²) in [5, 5.41) is 3.49. The highest BCUT2D eigenvalue weighted by molar-refractivity contribution is 9.10. The molecular formula is C11H16BrN3. The van der Waals surface area contributed by atoms with Gasteiger partial charge in [0, 0.05) is 12.2 Å². The highest BCUT2D eigenvalue weighted by Crippen LogP contribution is 2.23. The van der Waals surface area contributed by atoms with E-state index in [1.54, 1.807) is 12.5 Å². The largest absolute Gasteiger partial charge is 0.366 e. The first kappa shape index (κ1) is 10.9. The zero-order valence-electron chi connectivity index (χ0n) is 8.75. The molecule has 0 spiro atoms. The first-order chi connectivity index (χ1) is 7.36. The topological polar surface area (TPSA) is 37.8 Å². The molecule has 0 atom stereocenters. The van der Waals surface area contributed by atoms with Crippen LogP contribution in [-0.2, 0) is 0 Å². The molecule has 0 radical (unpaired) electrons. The molecule has 0 amide bonds. The maximum atomic E-state index is 4.23.